The summed E-state index contributed by atoms with van der Waals surface area (Å²) < 4.78 is 7.04. The van der Waals surface area contributed by atoms with Crippen LogP contribution in [0, 0.1) is 0 Å². The maximum Gasteiger partial charge on any atom is 0.138 e. The van der Waals surface area contributed by atoms with E-state index in [2.05, 4.69) is 0 Å². The molecular formula is C53H13B26NO. The van der Waals surface area contributed by atoms with Crippen LogP contribution in [0.15, 0.2) is 28.7 Å². The van der Waals surface area contributed by atoms with E-state index in [4.69, 9.17) is 208 Å². The topological polar surface area (TPSA) is 16.4 Å². The summed E-state index contributed by atoms with van der Waals surface area (Å²) in [6.45, 7) is 5.50. The van der Waals surface area contributed by atoms with Crippen molar-refractivity contribution >= 4 is 385 Å². The lowest BCUT2D eigenvalue weighted by Gasteiger charge is -2.37. The first-order valence-electron chi connectivity index (χ1n) is 24.6. The number of anilines is 3. The van der Waals surface area contributed by atoms with E-state index < -0.39 is 10.8 Å². The second-order valence-electron chi connectivity index (χ2n) is 21.4. The van der Waals surface area contributed by atoms with Crippen molar-refractivity contribution in [2.75, 3.05) is 4.90 Å². The molecule has 52 radical (unpaired) electrons. The molecule has 0 amide bonds. The average molecular weight is 961 g/mol. The number of furan rings is 1. The zero-order valence-corrected chi connectivity index (χ0v) is 44.2. The van der Waals surface area contributed by atoms with Crippen molar-refractivity contribution in [1.29, 1.82) is 0 Å². The van der Waals surface area contributed by atoms with Gasteiger partial charge in [0.25, 0.3) is 0 Å². The van der Waals surface area contributed by atoms with Gasteiger partial charge in [0.2, 0.25) is 0 Å². The Morgan fingerprint density at radius 1 is 0.284 bits per heavy atom. The molecule has 9 aromatic rings. The van der Waals surface area contributed by atoms with Gasteiger partial charge in [0.05, 0.1) is 11.1 Å². The molecule has 0 fully saturated rings. The van der Waals surface area contributed by atoms with Crippen molar-refractivity contribution in [3.8, 4) is 33.4 Å². The van der Waals surface area contributed by atoms with Crippen LogP contribution in [0.3, 0.4) is 0 Å². The fourth-order valence-electron chi connectivity index (χ4n) is 12.8. The Kier molecular flexibility index (Phi) is 13.6. The molecular weight excluding hydrogens is 948 g/mol. The molecule has 28 heteroatoms. The predicted octanol–water partition coefficient (Wildman–Crippen LogP) is -17.0. The monoisotopic (exact) mass is 965 g/mol. The quantitative estimate of drug-likeness (QED) is 0.160. The second kappa shape index (κ2) is 19.0. The van der Waals surface area contributed by atoms with Gasteiger partial charge in [-0.15, -0.1) is 54.6 Å². The number of fused-ring (bicyclic) bond motifs is 9. The summed E-state index contributed by atoms with van der Waals surface area (Å²) >= 11 is 0. The first-order valence-corrected chi connectivity index (χ1v) is 24.6. The summed E-state index contributed by atoms with van der Waals surface area (Å²) in [6.07, 6.45) is 0. The van der Waals surface area contributed by atoms with Crippen LogP contribution in [0.25, 0.3) is 55.3 Å². The van der Waals surface area contributed by atoms with E-state index in [1.807, 2.05) is 13.8 Å². The summed E-state index contributed by atoms with van der Waals surface area (Å²) in [5, 5.41) is 0.145. The molecule has 1 atom stereocenters. The van der Waals surface area contributed by atoms with E-state index in [0.29, 0.717) is 44.5 Å². The van der Waals surface area contributed by atoms with E-state index in [1.54, 1.807) is 19.1 Å². The fourth-order valence-corrected chi connectivity index (χ4v) is 12.8. The number of hydrogen-bond donors (Lipinski definition) is 0. The highest BCUT2D eigenvalue weighted by Crippen LogP contribution is 2.52. The normalized spacial score (nSPS) is 14.8. The fraction of sp³-hybridized carbons (Fsp3) is 0.0943. The minimum absolute atomic E-state index is 0.00812. The summed E-state index contributed by atoms with van der Waals surface area (Å²) in [6, 6.07) is 6.05. The molecule has 2 aliphatic carbocycles. The molecule has 81 heavy (non-hydrogen) atoms. The number of benzene rings is 8. The van der Waals surface area contributed by atoms with Gasteiger partial charge in [0.15, 0.2) is 0 Å². The third kappa shape index (κ3) is 7.37. The van der Waals surface area contributed by atoms with E-state index >= 15 is 0 Å². The van der Waals surface area contributed by atoms with Crippen molar-refractivity contribution in [1.82, 2.24) is 0 Å². The van der Waals surface area contributed by atoms with E-state index in [-0.39, 0.29) is 198 Å². The third-order valence-electron chi connectivity index (χ3n) is 16.8. The summed E-state index contributed by atoms with van der Waals surface area (Å²) in [5.74, 6) is 0. The van der Waals surface area contributed by atoms with Gasteiger partial charge in [-0.1, -0.05) is 113 Å². The Balaban J connectivity index is 1.34. The molecule has 314 valence electrons. The molecule has 8 aromatic carbocycles. The van der Waals surface area contributed by atoms with Crippen LogP contribution < -0.4 is 147 Å². The van der Waals surface area contributed by atoms with Crippen LogP contribution in [0.1, 0.15) is 48.6 Å². The lowest BCUT2D eigenvalue weighted by atomic mass is 9.57. The molecule has 2 aliphatic rings. The largest absolute Gasteiger partial charge is 0.456 e. The molecule has 0 spiro atoms. The molecule has 11 rings (SSSR count). The van der Waals surface area contributed by atoms with Gasteiger partial charge in [-0.3, -0.25) is 0 Å². The van der Waals surface area contributed by atoms with Crippen LogP contribution >= 0.6 is 0 Å². The van der Waals surface area contributed by atoms with Crippen molar-refractivity contribution < 1.29 is 4.42 Å². The van der Waals surface area contributed by atoms with E-state index in [9.17, 15) is 0 Å². The summed E-state index contributed by atoms with van der Waals surface area (Å²) in [5.41, 5.74) is 0.495. The number of nitrogens with zero attached hydrogens (tertiary/aromatic N) is 1. The Bertz CT molecular complexity index is 4490. The standard InChI is InChI=1S/C53H13B26NO/c1-52(2)24-17(21-25(52)38(69)44(75)43(74)36(21)67)10(55)6-14(30(24)61)80(15-7-11(56)19(34(65)31(15)62)18-9(54)5-13(58)29(60)33(18)64)49-23-22-37(68)41(72)40(71)27(50(22)81-51(23)48(79)46(77)47(49)78)53(3)8-4-12(57)28(59)32(63)16(8)20-26(53)39(70)45(76)42(73)35(20)66/h4-7H,1-3H3. The first kappa shape index (κ1) is 57.8. The van der Waals surface area contributed by atoms with Gasteiger partial charge in [0, 0.05) is 33.2 Å². The molecule has 0 N–H and O–H groups in total. The van der Waals surface area contributed by atoms with Crippen LogP contribution in [0.2, 0.25) is 0 Å². The minimum Gasteiger partial charge on any atom is -0.456 e. The van der Waals surface area contributed by atoms with Gasteiger partial charge >= 0.3 is 0 Å². The van der Waals surface area contributed by atoms with Crippen LogP contribution in [-0.4, -0.2) is 204 Å². The first-order chi connectivity index (χ1) is 37.7. The van der Waals surface area contributed by atoms with Crippen LogP contribution in [0.5, 0.6) is 0 Å². The van der Waals surface area contributed by atoms with E-state index in [1.165, 1.54) is 17.0 Å². The summed E-state index contributed by atoms with van der Waals surface area (Å²) in [7, 11) is 179. The Morgan fingerprint density at radius 3 is 1.25 bits per heavy atom. The lowest BCUT2D eigenvalue weighted by Crippen LogP contribution is -2.52. The highest BCUT2D eigenvalue weighted by atomic mass is 16.3. The molecule has 2 nitrogen and oxygen atoms in total. The van der Waals surface area contributed by atoms with Gasteiger partial charge in [-0.25, -0.2) is 0 Å². The maximum absolute atomic E-state index is 7.60. The van der Waals surface area contributed by atoms with Crippen molar-refractivity contribution in [2.45, 2.75) is 31.6 Å². The average Bonchev–Trinajstić information content (AvgIpc) is 1.74. The van der Waals surface area contributed by atoms with Crippen LogP contribution in [0.4, 0.5) is 17.1 Å². The SMILES string of the molecule is [B]c1cc([B])c(-c2c([B])cc(N(c3cc([B])c4c(c3[B])C(C)(C)c3c([B])c([B])c([B])c([B])c3-4)c3c([B])c([B])c([B])c4oc5c(C6(C)c7cc([B])c([B])c([B])c7-c7c([B])c([B])c([B])c([B])c76)c([B])c([B])c([B])c5c34)c([B])c2[B])c([B])c1[B]. The van der Waals surface area contributed by atoms with Gasteiger partial charge < -0.3 is 9.32 Å². The molecule has 1 aromatic heterocycles. The summed E-state index contributed by atoms with van der Waals surface area (Å²) in [4.78, 5) is 1.53. The Labute approximate surface area is 507 Å². The van der Waals surface area contributed by atoms with Crippen molar-refractivity contribution in [3.63, 3.8) is 0 Å². The molecule has 0 bridgehead atoms. The van der Waals surface area contributed by atoms with Gasteiger partial charge in [0.1, 0.15) is 215 Å². The molecule has 0 saturated heterocycles. The van der Waals surface area contributed by atoms with Gasteiger partial charge in [-0.2, -0.15) is 0 Å². The third-order valence-corrected chi connectivity index (χ3v) is 16.8. The zero-order chi connectivity index (χ0) is 59.5. The van der Waals surface area contributed by atoms with Crippen molar-refractivity contribution in [2.24, 2.45) is 0 Å². The number of rotatable bonds is 5. The highest BCUT2D eigenvalue weighted by molar-refractivity contribution is 6.70. The molecule has 1 unspecified atom stereocenters. The van der Waals surface area contributed by atoms with E-state index in [0.717, 1.165) is 0 Å². The van der Waals surface area contributed by atoms with Crippen LogP contribution in [-0.2, 0) is 10.8 Å². The highest BCUT2D eigenvalue weighted by Gasteiger charge is 2.47. The molecule has 0 saturated carbocycles. The van der Waals surface area contributed by atoms with Gasteiger partial charge in [-0.05, 0) is 74.7 Å². The number of hydrogen-bond acceptors (Lipinski definition) is 2. The molecule has 1 heterocycles. The molecule has 0 aliphatic heterocycles. The minimum atomic E-state index is -1.60. The zero-order valence-electron chi connectivity index (χ0n) is 44.2. The second-order valence-corrected chi connectivity index (χ2v) is 21.4. The lowest BCUT2D eigenvalue weighted by molar-refractivity contribution is 0.643. The maximum atomic E-state index is 7.60. The smallest absolute Gasteiger partial charge is 0.138 e. The Hall–Kier alpha value is -4.95. The predicted molar refractivity (Wildman–Crippen MR) is 369 cm³/mol. The Morgan fingerprint density at radius 2 is 0.679 bits per heavy atom. The van der Waals surface area contributed by atoms with Crippen molar-refractivity contribution in [3.05, 3.63) is 52.1 Å².